The molecular formula is C13H19ClN2O2. The quantitative estimate of drug-likeness (QED) is 0.774. The summed E-state index contributed by atoms with van der Waals surface area (Å²) in [7, 11) is 0. The fourth-order valence-electron chi connectivity index (χ4n) is 2.02. The van der Waals surface area contributed by atoms with Crippen LogP contribution < -0.4 is 10.6 Å². The lowest BCUT2D eigenvalue weighted by molar-refractivity contribution is -0.117. The SMILES string of the molecule is Cl.O=C(Nc1ccc(CCO)cc1)[C@@H]1CCCN1. The molecule has 0 unspecified atom stereocenters. The van der Waals surface area contributed by atoms with E-state index >= 15 is 0 Å². The van der Waals surface area contributed by atoms with Crippen molar-refractivity contribution in [3.8, 4) is 0 Å². The molecule has 100 valence electrons. The molecule has 2 rings (SSSR count). The van der Waals surface area contributed by atoms with Crippen molar-refractivity contribution in [3.63, 3.8) is 0 Å². The van der Waals surface area contributed by atoms with Gasteiger partial charge < -0.3 is 15.7 Å². The van der Waals surface area contributed by atoms with Gasteiger partial charge in [-0.15, -0.1) is 12.4 Å². The number of hydrogen-bond donors (Lipinski definition) is 3. The van der Waals surface area contributed by atoms with Gasteiger partial charge in [-0.3, -0.25) is 4.79 Å². The Balaban J connectivity index is 0.00000162. The van der Waals surface area contributed by atoms with Crippen LogP contribution in [0, 0.1) is 0 Å². The van der Waals surface area contributed by atoms with Gasteiger partial charge in [-0.1, -0.05) is 12.1 Å². The van der Waals surface area contributed by atoms with E-state index in [4.69, 9.17) is 5.11 Å². The second-order valence-corrected chi connectivity index (χ2v) is 4.31. The Morgan fingerprint density at radius 2 is 2.11 bits per heavy atom. The fourth-order valence-corrected chi connectivity index (χ4v) is 2.02. The highest BCUT2D eigenvalue weighted by Gasteiger charge is 2.21. The molecule has 1 fully saturated rings. The van der Waals surface area contributed by atoms with E-state index in [-0.39, 0.29) is 31.0 Å². The zero-order valence-electron chi connectivity index (χ0n) is 10.2. The number of anilines is 1. The van der Waals surface area contributed by atoms with Crippen LogP contribution in [-0.2, 0) is 11.2 Å². The fraction of sp³-hybridized carbons (Fsp3) is 0.462. The van der Waals surface area contributed by atoms with E-state index in [1.807, 2.05) is 24.3 Å². The molecule has 0 aliphatic carbocycles. The summed E-state index contributed by atoms with van der Waals surface area (Å²) in [6.07, 6.45) is 2.63. The van der Waals surface area contributed by atoms with Gasteiger partial charge >= 0.3 is 0 Å². The zero-order chi connectivity index (χ0) is 12.1. The van der Waals surface area contributed by atoms with Gasteiger partial charge in [0.15, 0.2) is 0 Å². The number of nitrogens with one attached hydrogen (secondary N) is 2. The highest BCUT2D eigenvalue weighted by Crippen LogP contribution is 2.12. The Labute approximate surface area is 113 Å². The average molecular weight is 271 g/mol. The third-order valence-corrected chi connectivity index (χ3v) is 3.00. The van der Waals surface area contributed by atoms with Crippen LogP contribution in [0.5, 0.6) is 0 Å². The van der Waals surface area contributed by atoms with Crippen LogP contribution in [-0.4, -0.2) is 30.2 Å². The van der Waals surface area contributed by atoms with Gasteiger partial charge in [-0.2, -0.15) is 0 Å². The van der Waals surface area contributed by atoms with Gasteiger partial charge in [0.2, 0.25) is 5.91 Å². The van der Waals surface area contributed by atoms with Crippen LogP contribution in [0.2, 0.25) is 0 Å². The van der Waals surface area contributed by atoms with E-state index in [0.29, 0.717) is 6.42 Å². The standard InChI is InChI=1S/C13H18N2O2.ClH/c16-9-7-10-3-5-11(6-4-10)15-13(17)12-2-1-8-14-12;/h3-6,12,14,16H,1-2,7-9H2,(H,15,17);1H/t12-;/m0./s1. The molecule has 0 radical (unpaired) electrons. The highest BCUT2D eigenvalue weighted by atomic mass is 35.5. The summed E-state index contributed by atoms with van der Waals surface area (Å²) in [4.78, 5) is 11.8. The van der Waals surface area contributed by atoms with E-state index in [2.05, 4.69) is 10.6 Å². The maximum atomic E-state index is 11.8. The summed E-state index contributed by atoms with van der Waals surface area (Å²) in [6.45, 7) is 1.07. The largest absolute Gasteiger partial charge is 0.396 e. The topological polar surface area (TPSA) is 61.4 Å². The Hall–Kier alpha value is -1.10. The summed E-state index contributed by atoms with van der Waals surface area (Å²) >= 11 is 0. The Morgan fingerprint density at radius 3 is 2.67 bits per heavy atom. The lowest BCUT2D eigenvalue weighted by Gasteiger charge is -2.11. The predicted molar refractivity (Wildman–Crippen MR) is 74.1 cm³/mol. The van der Waals surface area contributed by atoms with Crippen molar-refractivity contribution >= 4 is 24.0 Å². The minimum Gasteiger partial charge on any atom is -0.396 e. The van der Waals surface area contributed by atoms with E-state index in [0.717, 1.165) is 30.6 Å². The Morgan fingerprint density at radius 1 is 1.39 bits per heavy atom. The molecule has 1 atom stereocenters. The number of benzene rings is 1. The molecule has 1 amide bonds. The van der Waals surface area contributed by atoms with Gasteiger partial charge in [-0.25, -0.2) is 0 Å². The number of carbonyl (C=O) groups excluding carboxylic acids is 1. The summed E-state index contributed by atoms with van der Waals surface area (Å²) in [5.74, 6) is 0.0393. The molecule has 1 aliphatic heterocycles. The van der Waals surface area contributed by atoms with Crippen molar-refractivity contribution in [3.05, 3.63) is 29.8 Å². The van der Waals surface area contributed by atoms with Crippen molar-refractivity contribution in [2.45, 2.75) is 25.3 Å². The van der Waals surface area contributed by atoms with E-state index < -0.39 is 0 Å². The third-order valence-electron chi connectivity index (χ3n) is 3.00. The molecule has 1 aromatic rings. The molecule has 1 saturated heterocycles. The lowest BCUT2D eigenvalue weighted by atomic mass is 10.1. The predicted octanol–water partition coefficient (Wildman–Crippen LogP) is 1.33. The van der Waals surface area contributed by atoms with E-state index in [1.54, 1.807) is 0 Å². The van der Waals surface area contributed by atoms with Crippen LogP contribution in [0.25, 0.3) is 0 Å². The number of rotatable bonds is 4. The average Bonchev–Trinajstić information content (AvgIpc) is 2.86. The monoisotopic (exact) mass is 270 g/mol. The minimum absolute atomic E-state index is 0. The highest BCUT2D eigenvalue weighted by molar-refractivity contribution is 5.95. The molecular weight excluding hydrogens is 252 g/mol. The van der Waals surface area contributed by atoms with Crippen molar-refractivity contribution in [2.75, 3.05) is 18.5 Å². The number of aliphatic hydroxyl groups is 1. The van der Waals surface area contributed by atoms with Gasteiger partial charge in [-0.05, 0) is 43.5 Å². The summed E-state index contributed by atoms with van der Waals surface area (Å²) in [5.41, 5.74) is 1.88. The van der Waals surface area contributed by atoms with Crippen LogP contribution >= 0.6 is 12.4 Å². The van der Waals surface area contributed by atoms with E-state index in [1.165, 1.54) is 0 Å². The first-order valence-electron chi connectivity index (χ1n) is 6.03. The molecule has 1 aromatic carbocycles. The number of amides is 1. The maximum Gasteiger partial charge on any atom is 0.241 e. The first kappa shape index (κ1) is 15.0. The van der Waals surface area contributed by atoms with Crippen molar-refractivity contribution in [2.24, 2.45) is 0 Å². The van der Waals surface area contributed by atoms with E-state index in [9.17, 15) is 4.79 Å². The molecule has 0 aromatic heterocycles. The van der Waals surface area contributed by atoms with Crippen molar-refractivity contribution in [1.82, 2.24) is 5.32 Å². The van der Waals surface area contributed by atoms with Gasteiger partial charge in [0.25, 0.3) is 0 Å². The number of hydrogen-bond acceptors (Lipinski definition) is 3. The van der Waals surface area contributed by atoms with Crippen molar-refractivity contribution in [1.29, 1.82) is 0 Å². The molecule has 18 heavy (non-hydrogen) atoms. The van der Waals surface area contributed by atoms with Gasteiger partial charge in [0.05, 0.1) is 6.04 Å². The molecule has 1 aliphatic rings. The summed E-state index contributed by atoms with van der Waals surface area (Å²) in [5, 5.41) is 14.9. The molecule has 4 nitrogen and oxygen atoms in total. The smallest absolute Gasteiger partial charge is 0.241 e. The first-order valence-corrected chi connectivity index (χ1v) is 6.03. The van der Waals surface area contributed by atoms with Crippen LogP contribution in [0.4, 0.5) is 5.69 Å². The van der Waals surface area contributed by atoms with Gasteiger partial charge in [0, 0.05) is 12.3 Å². The van der Waals surface area contributed by atoms with Crippen LogP contribution in [0.3, 0.4) is 0 Å². The second-order valence-electron chi connectivity index (χ2n) is 4.31. The number of halogens is 1. The third kappa shape index (κ3) is 3.98. The second kappa shape index (κ2) is 7.36. The molecule has 3 N–H and O–H groups in total. The lowest BCUT2D eigenvalue weighted by Crippen LogP contribution is -2.35. The minimum atomic E-state index is -0.0490. The number of carbonyl (C=O) groups is 1. The summed E-state index contributed by atoms with van der Waals surface area (Å²) in [6, 6.07) is 7.55. The first-order chi connectivity index (χ1) is 8.29. The van der Waals surface area contributed by atoms with Crippen LogP contribution in [0.15, 0.2) is 24.3 Å². The zero-order valence-corrected chi connectivity index (χ0v) is 11.0. The van der Waals surface area contributed by atoms with Gasteiger partial charge in [0.1, 0.15) is 0 Å². The van der Waals surface area contributed by atoms with Crippen molar-refractivity contribution < 1.29 is 9.90 Å². The Kier molecular flexibility index (Phi) is 6.12. The summed E-state index contributed by atoms with van der Waals surface area (Å²) < 4.78 is 0. The Bertz CT molecular complexity index is 375. The van der Waals surface area contributed by atoms with Crippen LogP contribution in [0.1, 0.15) is 18.4 Å². The normalized spacial score (nSPS) is 18.2. The molecule has 1 heterocycles. The maximum absolute atomic E-state index is 11.8. The molecule has 0 spiro atoms. The number of aliphatic hydroxyl groups excluding tert-OH is 1. The molecule has 5 heteroatoms. The molecule has 0 saturated carbocycles. The molecule has 0 bridgehead atoms.